The molecule has 0 aliphatic carbocycles. The van der Waals surface area contributed by atoms with Crippen molar-refractivity contribution in [2.45, 2.75) is 24.6 Å². The molecule has 0 spiro atoms. The molecule has 2 heterocycles. The maximum atomic E-state index is 12.8. The van der Waals surface area contributed by atoms with Gasteiger partial charge in [-0.25, -0.2) is 4.98 Å². The Kier molecular flexibility index (Phi) is 4.35. The fraction of sp³-hybridized carbons (Fsp3) is 0.375. The predicted molar refractivity (Wildman–Crippen MR) is 82.6 cm³/mol. The summed E-state index contributed by atoms with van der Waals surface area (Å²) in [4.78, 5) is 17.8. The minimum atomic E-state index is -4.45. The van der Waals surface area contributed by atoms with E-state index < -0.39 is 17.3 Å². The number of alkyl halides is 3. The third kappa shape index (κ3) is 3.29. The number of thiazole rings is 1. The number of carbonyl (C=O) groups excluding carboxylic acids is 1. The average Bonchev–Trinajstić information content (AvgIpc) is 3.09. The summed E-state index contributed by atoms with van der Waals surface area (Å²) in [5, 5.41) is 12.4. The van der Waals surface area contributed by atoms with Gasteiger partial charge in [-0.15, -0.1) is 11.3 Å². The molecule has 0 atom stereocenters. The number of likely N-dealkylation sites (tertiary alicyclic amines) is 1. The van der Waals surface area contributed by atoms with Gasteiger partial charge in [-0.05, 0) is 30.5 Å². The van der Waals surface area contributed by atoms with Crippen molar-refractivity contribution in [3.05, 3.63) is 52.0 Å². The number of hydrogen-bond acceptors (Lipinski definition) is 4. The molecule has 0 unspecified atom stereocenters. The molecule has 1 aromatic carbocycles. The first-order valence-electron chi connectivity index (χ1n) is 7.37. The highest BCUT2D eigenvalue weighted by atomic mass is 32.1. The molecule has 0 radical (unpaired) electrons. The molecule has 1 fully saturated rings. The molecule has 1 N–H and O–H groups in total. The summed E-state index contributed by atoms with van der Waals surface area (Å²) in [6, 6.07) is 4.75. The second kappa shape index (κ2) is 6.18. The zero-order valence-corrected chi connectivity index (χ0v) is 13.4. The van der Waals surface area contributed by atoms with Crippen LogP contribution in [-0.4, -0.2) is 34.0 Å². The van der Waals surface area contributed by atoms with Gasteiger partial charge in [0.15, 0.2) is 0 Å². The zero-order valence-electron chi connectivity index (χ0n) is 12.6. The molecule has 1 amide bonds. The Morgan fingerprint density at radius 2 is 2.00 bits per heavy atom. The van der Waals surface area contributed by atoms with Crippen LogP contribution in [0, 0.1) is 0 Å². The first-order valence-corrected chi connectivity index (χ1v) is 8.31. The van der Waals surface area contributed by atoms with E-state index in [0.29, 0.717) is 5.69 Å². The lowest BCUT2D eigenvalue weighted by Crippen LogP contribution is -2.45. The second-order valence-electron chi connectivity index (χ2n) is 5.78. The third-order valence-corrected chi connectivity index (χ3v) is 4.84. The first kappa shape index (κ1) is 16.9. The van der Waals surface area contributed by atoms with Gasteiger partial charge in [0.25, 0.3) is 5.91 Å². The number of benzene rings is 1. The molecule has 2 aromatic rings. The van der Waals surface area contributed by atoms with E-state index in [-0.39, 0.29) is 37.4 Å². The largest absolute Gasteiger partial charge is 0.416 e. The Morgan fingerprint density at radius 1 is 1.29 bits per heavy atom. The minimum Gasteiger partial charge on any atom is -0.385 e. The van der Waals surface area contributed by atoms with Crippen LogP contribution in [0.1, 0.15) is 34.5 Å². The summed E-state index contributed by atoms with van der Waals surface area (Å²) in [5.41, 5.74) is 0.00740. The van der Waals surface area contributed by atoms with Gasteiger partial charge in [0.2, 0.25) is 0 Å². The van der Waals surface area contributed by atoms with Crippen molar-refractivity contribution in [1.82, 2.24) is 9.88 Å². The highest BCUT2D eigenvalue weighted by Gasteiger charge is 2.38. The number of aromatic nitrogens is 1. The van der Waals surface area contributed by atoms with Crippen LogP contribution in [0.15, 0.2) is 35.2 Å². The topological polar surface area (TPSA) is 53.4 Å². The highest BCUT2D eigenvalue weighted by Crippen LogP contribution is 2.36. The smallest absolute Gasteiger partial charge is 0.385 e. The van der Waals surface area contributed by atoms with Gasteiger partial charge in [-0.2, -0.15) is 13.2 Å². The van der Waals surface area contributed by atoms with E-state index in [1.54, 1.807) is 15.8 Å². The normalized spacial score (nSPS) is 17.8. The van der Waals surface area contributed by atoms with Crippen LogP contribution in [-0.2, 0) is 11.8 Å². The molecule has 3 rings (SSSR count). The summed E-state index contributed by atoms with van der Waals surface area (Å²) >= 11 is 1.32. The van der Waals surface area contributed by atoms with E-state index in [2.05, 4.69) is 4.98 Å². The molecule has 1 saturated heterocycles. The molecule has 0 saturated carbocycles. The van der Waals surface area contributed by atoms with Crippen molar-refractivity contribution in [2.75, 3.05) is 13.1 Å². The van der Waals surface area contributed by atoms with Crippen LogP contribution in [0.2, 0.25) is 0 Å². The Bertz CT molecular complexity index is 723. The summed E-state index contributed by atoms with van der Waals surface area (Å²) in [6.07, 6.45) is -4.08. The lowest BCUT2D eigenvalue weighted by molar-refractivity contribution is -0.137. The number of amides is 1. The molecule has 1 aromatic heterocycles. The first-order chi connectivity index (χ1) is 11.3. The second-order valence-corrected chi connectivity index (χ2v) is 6.49. The van der Waals surface area contributed by atoms with E-state index in [9.17, 15) is 23.1 Å². The average molecular weight is 356 g/mol. The van der Waals surface area contributed by atoms with Crippen molar-refractivity contribution in [2.24, 2.45) is 0 Å². The number of aliphatic hydroxyl groups is 1. The van der Waals surface area contributed by atoms with E-state index in [0.717, 1.165) is 12.1 Å². The van der Waals surface area contributed by atoms with Gasteiger partial charge >= 0.3 is 6.18 Å². The van der Waals surface area contributed by atoms with E-state index >= 15 is 0 Å². The maximum absolute atomic E-state index is 12.8. The van der Waals surface area contributed by atoms with Crippen LogP contribution in [0.4, 0.5) is 13.2 Å². The number of hydrogen-bond donors (Lipinski definition) is 1. The third-order valence-electron chi connectivity index (χ3n) is 4.26. The Hall–Kier alpha value is -1.93. The summed E-state index contributed by atoms with van der Waals surface area (Å²) < 4.78 is 38.5. The predicted octanol–water partition coefficient (Wildman–Crippen LogP) is 3.29. The summed E-state index contributed by atoms with van der Waals surface area (Å²) in [6.45, 7) is 0.534. The number of piperidine rings is 1. The lowest BCUT2D eigenvalue weighted by Gasteiger charge is -2.38. The number of nitrogens with zero attached hydrogens (tertiary/aromatic N) is 2. The molecule has 4 nitrogen and oxygen atoms in total. The Labute approximate surface area is 140 Å². The molecule has 1 aliphatic heterocycles. The van der Waals surface area contributed by atoms with Crippen molar-refractivity contribution in [1.29, 1.82) is 0 Å². The van der Waals surface area contributed by atoms with Crippen LogP contribution >= 0.6 is 11.3 Å². The van der Waals surface area contributed by atoms with E-state index in [1.165, 1.54) is 23.5 Å². The number of carbonyl (C=O) groups is 1. The Balaban J connectivity index is 1.74. The fourth-order valence-electron chi connectivity index (χ4n) is 2.83. The lowest BCUT2D eigenvalue weighted by atomic mass is 9.83. The molecule has 1 aliphatic rings. The van der Waals surface area contributed by atoms with Crippen molar-refractivity contribution in [3.8, 4) is 0 Å². The van der Waals surface area contributed by atoms with Gasteiger partial charge < -0.3 is 10.0 Å². The SMILES string of the molecule is O=C(c1cscn1)N1CCC(O)(c2cccc(C(F)(F)F)c2)CC1. The van der Waals surface area contributed by atoms with Gasteiger partial charge in [0.05, 0.1) is 16.7 Å². The van der Waals surface area contributed by atoms with Gasteiger partial charge in [0, 0.05) is 18.5 Å². The zero-order chi connectivity index (χ0) is 17.4. The van der Waals surface area contributed by atoms with E-state index in [4.69, 9.17) is 0 Å². The van der Waals surface area contributed by atoms with Crippen molar-refractivity contribution >= 4 is 17.2 Å². The molecule has 8 heteroatoms. The number of rotatable bonds is 2. The highest BCUT2D eigenvalue weighted by molar-refractivity contribution is 7.07. The number of halogens is 3. The van der Waals surface area contributed by atoms with Gasteiger partial charge in [-0.3, -0.25) is 4.79 Å². The minimum absolute atomic E-state index is 0.185. The van der Waals surface area contributed by atoms with Crippen LogP contribution < -0.4 is 0 Å². The maximum Gasteiger partial charge on any atom is 0.416 e. The Morgan fingerprint density at radius 3 is 2.58 bits per heavy atom. The quantitative estimate of drug-likeness (QED) is 0.898. The van der Waals surface area contributed by atoms with E-state index in [1.807, 2.05) is 0 Å². The molecule has 128 valence electrons. The summed E-state index contributed by atoms with van der Waals surface area (Å²) in [7, 11) is 0. The van der Waals surface area contributed by atoms with Crippen LogP contribution in [0.5, 0.6) is 0 Å². The summed E-state index contributed by atoms with van der Waals surface area (Å²) in [5.74, 6) is -0.220. The molecule has 24 heavy (non-hydrogen) atoms. The molecular formula is C16H15F3N2O2S. The monoisotopic (exact) mass is 356 g/mol. The van der Waals surface area contributed by atoms with Crippen molar-refractivity contribution in [3.63, 3.8) is 0 Å². The van der Waals surface area contributed by atoms with Gasteiger partial charge in [-0.1, -0.05) is 12.1 Å². The fourth-order valence-corrected chi connectivity index (χ4v) is 3.36. The van der Waals surface area contributed by atoms with Crippen LogP contribution in [0.25, 0.3) is 0 Å². The van der Waals surface area contributed by atoms with Gasteiger partial charge in [0.1, 0.15) is 5.69 Å². The standard InChI is InChI=1S/C16H15F3N2O2S/c17-16(18,19)12-3-1-2-11(8-12)15(23)4-6-21(7-5-15)14(22)13-9-24-10-20-13/h1-3,8-10,23H,4-7H2. The van der Waals surface area contributed by atoms with Crippen LogP contribution in [0.3, 0.4) is 0 Å². The van der Waals surface area contributed by atoms with Crippen molar-refractivity contribution < 1.29 is 23.1 Å². The molecular weight excluding hydrogens is 341 g/mol. The molecule has 0 bridgehead atoms.